The van der Waals surface area contributed by atoms with Crippen LogP contribution in [0.1, 0.15) is 110 Å². The van der Waals surface area contributed by atoms with E-state index in [1.807, 2.05) is 19.1 Å². The van der Waals surface area contributed by atoms with Gasteiger partial charge in [0.05, 0.1) is 5.92 Å². The van der Waals surface area contributed by atoms with Gasteiger partial charge in [-0.3, -0.25) is 4.79 Å². The zero-order chi connectivity index (χ0) is 26.0. The third-order valence-electron chi connectivity index (χ3n) is 9.71. The number of benzene rings is 1. The predicted octanol–water partition coefficient (Wildman–Crippen LogP) is 9.30. The molecule has 0 amide bonds. The zero-order valence-corrected chi connectivity index (χ0v) is 23.3. The molecule has 4 heteroatoms. The Morgan fingerprint density at radius 2 is 1.78 bits per heavy atom. The van der Waals surface area contributed by atoms with Gasteiger partial charge in [0.1, 0.15) is 12.4 Å². The molecule has 206 valence electrons. The van der Waals surface area contributed by atoms with Crippen molar-refractivity contribution in [1.29, 1.82) is 0 Å². The minimum absolute atomic E-state index is 0.0191. The highest BCUT2D eigenvalue weighted by atomic mass is 19.1. The van der Waals surface area contributed by atoms with Crippen LogP contribution in [-0.4, -0.2) is 12.6 Å². The number of ether oxygens (including phenoxy) is 2. The minimum Gasteiger partial charge on any atom is -0.489 e. The van der Waals surface area contributed by atoms with Gasteiger partial charge in [-0.05, 0) is 87.2 Å². The molecule has 4 unspecified atom stereocenters. The van der Waals surface area contributed by atoms with E-state index in [0.717, 1.165) is 37.0 Å². The molecule has 0 spiro atoms. The molecule has 0 bridgehead atoms. The molecule has 4 atom stereocenters. The first kappa shape index (κ1) is 28.2. The van der Waals surface area contributed by atoms with Crippen LogP contribution in [0.25, 0.3) is 0 Å². The molecule has 0 aromatic heterocycles. The third kappa shape index (κ3) is 7.83. The monoisotopic (exact) mass is 512 g/mol. The number of hydrogen-bond donors (Lipinski definition) is 0. The van der Waals surface area contributed by atoms with Crippen molar-refractivity contribution in [1.82, 2.24) is 0 Å². The fourth-order valence-electron chi connectivity index (χ4n) is 7.61. The molecule has 3 aliphatic rings. The van der Waals surface area contributed by atoms with Crippen LogP contribution < -0.4 is 9.47 Å². The lowest BCUT2D eigenvalue weighted by Gasteiger charge is -2.46. The predicted molar refractivity (Wildman–Crippen MR) is 148 cm³/mol. The quantitative estimate of drug-likeness (QED) is 0.128. The van der Waals surface area contributed by atoms with E-state index in [0.29, 0.717) is 24.2 Å². The number of hydrogen-bond acceptors (Lipinski definition) is 3. The normalized spacial score (nSPS) is 30.1. The summed E-state index contributed by atoms with van der Waals surface area (Å²) in [5.41, 5.74) is 0. The SMILES string of the molecule is C/C=C/COc1ccc(OC(=O)C2CCCC3CC(C4CCC(CCCCCC)CC4)CCC32)c(F)c1. The van der Waals surface area contributed by atoms with Gasteiger partial charge in [-0.25, -0.2) is 4.39 Å². The van der Waals surface area contributed by atoms with Crippen LogP contribution in [0.2, 0.25) is 0 Å². The fourth-order valence-corrected chi connectivity index (χ4v) is 7.61. The first-order valence-electron chi connectivity index (χ1n) is 15.3. The second-order valence-corrected chi connectivity index (χ2v) is 12.1. The van der Waals surface area contributed by atoms with Crippen molar-refractivity contribution in [3.8, 4) is 11.5 Å². The number of carbonyl (C=O) groups is 1. The summed E-state index contributed by atoms with van der Waals surface area (Å²) in [6, 6.07) is 4.50. The second-order valence-electron chi connectivity index (χ2n) is 12.1. The lowest BCUT2D eigenvalue weighted by atomic mass is 9.59. The number of carbonyl (C=O) groups excluding carboxylic acids is 1. The Hall–Kier alpha value is -1.84. The second kappa shape index (κ2) is 14.4. The molecule has 0 radical (unpaired) electrons. The topological polar surface area (TPSA) is 35.5 Å². The fraction of sp³-hybridized carbons (Fsp3) is 0.727. The lowest BCUT2D eigenvalue weighted by molar-refractivity contribution is -0.144. The lowest BCUT2D eigenvalue weighted by Crippen LogP contribution is -2.40. The Labute approximate surface area is 224 Å². The average Bonchev–Trinajstić information content (AvgIpc) is 2.92. The van der Waals surface area contributed by atoms with E-state index in [1.54, 1.807) is 6.07 Å². The molecule has 3 aliphatic carbocycles. The molecule has 0 aliphatic heterocycles. The number of unbranched alkanes of at least 4 members (excludes halogenated alkanes) is 3. The van der Waals surface area contributed by atoms with Crippen molar-refractivity contribution >= 4 is 5.97 Å². The molecular weight excluding hydrogens is 463 g/mol. The zero-order valence-electron chi connectivity index (χ0n) is 23.3. The maximum absolute atomic E-state index is 14.6. The van der Waals surface area contributed by atoms with E-state index >= 15 is 0 Å². The summed E-state index contributed by atoms with van der Waals surface area (Å²) in [6.07, 6.45) is 23.3. The maximum Gasteiger partial charge on any atom is 0.314 e. The van der Waals surface area contributed by atoms with Crippen LogP contribution in [0.3, 0.4) is 0 Å². The van der Waals surface area contributed by atoms with Gasteiger partial charge in [0.2, 0.25) is 0 Å². The number of halogens is 1. The van der Waals surface area contributed by atoms with E-state index in [1.165, 1.54) is 89.2 Å². The minimum atomic E-state index is -0.539. The molecule has 1 aromatic carbocycles. The molecule has 1 aromatic rings. The van der Waals surface area contributed by atoms with E-state index in [-0.39, 0.29) is 17.6 Å². The molecular formula is C33H49FO3. The van der Waals surface area contributed by atoms with Crippen molar-refractivity contribution in [2.24, 2.45) is 35.5 Å². The van der Waals surface area contributed by atoms with Gasteiger partial charge in [-0.1, -0.05) is 76.9 Å². The van der Waals surface area contributed by atoms with Crippen LogP contribution in [0.15, 0.2) is 30.4 Å². The Morgan fingerprint density at radius 3 is 2.54 bits per heavy atom. The van der Waals surface area contributed by atoms with Crippen LogP contribution in [0.4, 0.5) is 4.39 Å². The summed E-state index contributed by atoms with van der Waals surface area (Å²) in [5.74, 6) is 3.32. The Balaban J connectivity index is 1.25. The van der Waals surface area contributed by atoms with E-state index < -0.39 is 5.82 Å². The number of fused-ring (bicyclic) bond motifs is 1. The van der Waals surface area contributed by atoms with Crippen molar-refractivity contribution < 1.29 is 18.7 Å². The van der Waals surface area contributed by atoms with E-state index in [9.17, 15) is 9.18 Å². The molecule has 0 heterocycles. The largest absolute Gasteiger partial charge is 0.489 e. The highest BCUT2D eigenvalue weighted by Gasteiger charge is 2.43. The molecule has 4 rings (SSSR count). The summed E-state index contributed by atoms with van der Waals surface area (Å²) >= 11 is 0. The van der Waals surface area contributed by atoms with Crippen molar-refractivity contribution in [3.63, 3.8) is 0 Å². The number of rotatable bonds is 11. The van der Waals surface area contributed by atoms with Gasteiger partial charge in [0.25, 0.3) is 0 Å². The smallest absolute Gasteiger partial charge is 0.314 e. The van der Waals surface area contributed by atoms with Gasteiger partial charge < -0.3 is 9.47 Å². The maximum atomic E-state index is 14.6. The summed E-state index contributed by atoms with van der Waals surface area (Å²) in [4.78, 5) is 13.2. The Bertz CT molecular complexity index is 872. The first-order chi connectivity index (χ1) is 18.1. The number of allylic oxidation sites excluding steroid dienone is 1. The first-order valence-corrected chi connectivity index (χ1v) is 15.3. The highest BCUT2D eigenvalue weighted by molar-refractivity contribution is 5.75. The van der Waals surface area contributed by atoms with Crippen LogP contribution in [0.5, 0.6) is 11.5 Å². The molecule has 3 saturated carbocycles. The molecule has 0 N–H and O–H groups in total. The third-order valence-corrected chi connectivity index (χ3v) is 9.71. The Morgan fingerprint density at radius 1 is 0.973 bits per heavy atom. The molecule has 3 fully saturated rings. The van der Waals surface area contributed by atoms with Gasteiger partial charge in [0, 0.05) is 6.07 Å². The Kier molecular flexibility index (Phi) is 10.9. The highest BCUT2D eigenvalue weighted by Crippen LogP contribution is 2.50. The van der Waals surface area contributed by atoms with E-state index in [4.69, 9.17) is 9.47 Å². The van der Waals surface area contributed by atoms with Gasteiger partial charge >= 0.3 is 5.97 Å². The molecule has 37 heavy (non-hydrogen) atoms. The molecule has 3 nitrogen and oxygen atoms in total. The van der Waals surface area contributed by atoms with Crippen LogP contribution in [0, 0.1) is 41.3 Å². The molecule has 0 saturated heterocycles. The van der Waals surface area contributed by atoms with Crippen molar-refractivity contribution in [2.45, 2.75) is 110 Å². The summed E-state index contributed by atoms with van der Waals surface area (Å²) < 4.78 is 25.8. The van der Waals surface area contributed by atoms with Gasteiger partial charge in [0.15, 0.2) is 11.6 Å². The van der Waals surface area contributed by atoms with E-state index in [2.05, 4.69) is 6.92 Å². The standard InChI is InChI=1S/C33H49FO3/c1-3-5-7-8-10-24-13-15-25(16-14-24)26-17-19-29-27(22-26)11-9-12-30(29)33(35)37-32-20-18-28(23-31(32)34)36-21-6-4-2/h4,6,18,20,23-27,29-30H,3,5,7-17,19,21-22H2,1-2H3/b6-4+. The number of esters is 1. The average molecular weight is 513 g/mol. The summed E-state index contributed by atoms with van der Waals surface area (Å²) in [7, 11) is 0. The van der Waals surface area contributed by atoms with Crippen molar-refractivity contribution in [2.75, 3.05) is 6.61 Å². The van der Waals surface area contributed by atoms with Crippen LogP contribution in [-0.2, 0) is 4.79 Å². The van der Waals surface area contributed by atoms with Crippen LogP contribution >= 0.6 is 0 Å². The summed E-state index contributed by atoms with van der Waals surface area (Å²) in [6.45, 7) is 4.59. The van der Waals surface area contributed by atoms with Gasteiger partial charge in [-0.2, -0.15) is 0 Å². The van der Waals surface area contributed by atoms with Crippen molar-refractivity contribution in [3.05, 3.63) is 36.2 Å². The summed E-state index contributed by atoms with van der Waals surface area (Å²) in [5, 5.41) is 0. The van der Waals surface area contributed by atoms with Gasteiger partial charge in [-0.15, -0.1) is 0 Å².